The summed E-state index contributed by atoms with van der Waals surface area (Å²) in [5, 5.41) is 12.5. The van der Waals surface area contributed by atoms with Gasteiger partial charge in [0.25, 0.3) is 0 Å². The normalized spacial score (nSPS) is 14.1. The third kappa shape index (κ3) is 2.25. The zero-order chi connectivity index (χ0) is 12.4. The van der Waals surface area contributed by atoms with Gasteiger partial charge < -0.3 is 10.1 Å². The second-order valence-electron chi connectivity index (χ2n) is 4.10. The van der Waals surface area contributed by atoms with Gasteiger partial charge in [-0.15, -0.1) is 0 Å². The Bertz CT molecular complexity index is 515. The van der Waals surface area contributed by atoms with Crippen molar-refractivity contribution in [2.75, 3.05) is 12.4 Å². The number of nitrogens with zero attached hydrogens (tertiary/aromatic N) is 1. The van der Waals surface area contributed by atoms with E-state index in [9.17, 15) is 0 Å². The predicted molar refractivity (Wildman–Crippen MR) is 70.0 cm³/mol. The van der Waals surface area contributed by atoms with Crippen LogP contribution in [0.3, 0.4) is 0 Å². The van der Waals surface area contributed by atoms with Crippen molar-refractivity contribution >= 4 is 17.4 Å². The summed E-state index contributed by atoms with van der Waals surface area (Å²) in [4.78, 5) is 1.77. The zero-order valence-corrected chi connectivity index (χ0v) is 10.9. The molecule has 1 aliphatic heterocycles. The molecule has 0 fully saturated rings. The van der Waals surface area contributed by atoms with Crippen LogP contribution in [0.5, 0.6) is 5.75 Å². The molecule has 0 bridgehead atoms. The van der Waals surface area contributed by atoms with Crippen molar-refractivity contribution in [3.05, 3.63) is 28.8 Å². The minimum Gasteiger partial charge on any atom is -0.497 e. The van der Waals surface area contributed by atoms with Gasteiger partial charge in [0.05, 0.1) is 12.8 Å². The predicted octanol–water partition coefficient (Wildman–Crippen LogP) is 3.60. The number of hydrogen-bond donors (Lipinski definition) is 1. The van der Waals surface area contributed by atoms with Gasteiger partial charge in [-0.25, -0.2) is 0 Å². The van der Waals surface area contributed by atoms with Crippen LogP contribution in [0, 0.1) is 17.2 Å². The molecule has 17 heavy (non-hydrogen) atoms. The number of nitriles is 1. The molecule has 0 aromatic heterocycles. The molecule has 4 heteroatoms. The number of ether oxygens (including phenoxy) is 1. The van der Waals surface area contributed by atoms with E-state index in [0.717, 1.165) is 26.9 Å². The first-order valence-corrected chi connectivity index (χ1v) is 6.24. The molecule has 0 radical (unpaired) electrons. The van der Waals surface area contributed by atoms with Crippen LogP contribution in [0.2, 0.25) is 0 Å². The van der Waals surface area contributed by atoms with Crippen molar-refractivity contribution in [2.45, 2.75) is 18.7 Å². The first-order chi connectivity index (χ1) is 8.15. The standard InChI is InChI=1S/C13H14N2OS/c1-8(2)13-12(7-14)17-11-6-9(16-3)4-5-10(11)15-13/h4-6,8,15H,1-3H3. The van der Waals surface area contributed by atoms with Gasteiger partial charge in [0, 0.05) is 10.6 Å². The van der Waals surface area contributed by atoms with Gasteiger partial charge in [0.1, 0.15) is 16.7 Å². The Morgan fingerprint density at radius 2 is 2.18 bits per heavy atom. The lowest BCUT2D eigenvalue weighted by atomic mass is 10.1. The van der Waals surface area contributed by atoms with E-state index in [4.69, 9.17) is 10.00 Å². The first kappa shape index (κ1) is 11.9. The van der Waals surface area contributed by atoms with Crippen molar-refractivity contribution in [1.82, 2.24) is 0 Å². The summed E-state index contributed by atoms with van der Waals surface area (Å²) in [5.41, 5.74) is 2.04. The number of benzene rings is 1. The Labute approximate surface area is 105 Å². The molecule has 1 N–H and O–H groups in total. The molecule has 0 spiro atoms. The lowest BCUT2D eigenvalue weighted by Crippen LogP contribution is -2.12. The van der Waals surface area contributed by atoms with Crippen LogP contribution in [0.1, 0.15) is 13.8 Å². The van der Waals surface area contributed by atoms with Crippen LogP contribution in [0.15, 0.2) is 33.7 Å². The van der Waals surface area contributed by atoms with Gasteiger partial charge in [-0.05, 0) is 24.1 Å². The maximum atomic E-state index is 9.16. The van der Waals surface area contributed by atoms with Gasteiger partial charge in [-0.2, -0.15) is 5.26 Å². The summed E-state index contributed by atoms with van der Waals surface area (Å²) in [6, 6.07) is 8.10. The van der Waals surface area contributed by atoms with E-state index in [0.29, 0.717) is 5.92 Å². The quantitative estimate of drug-likeness (QED) is 0.866. The first-order valence-electron chi connectivity index (χ1n) is 5.43. The summed E-state index contributed by atoms with van der Waals surface area (Å²) in [6.45, 7) is 4.16. The van der Waals surface area contributed by atoms with E-state index >= 15 is 0 Å². The molecular formula is C13H14N2OS. The smallest absolute Gasteiger partial charge is 0.120 e. The number of thioether (sulfide) groups is 1. The summed E-state index contributed by atoms with van der Waals surface area (Å²) < 4.78 is 5.18. The number of nitrogens with one attached hydrogen (secondary N) is 1. The fraction of sp³-hybridized carbons (Fsp3) is 0.308. The zero-order valence-electron chi connectivity index (χ0n) is 10.1. The number of rotatable bonds is 2. The van der Waals surface area contributed by atoms with Crippen molar-refractivity contribution < 1.29 is 4.74 Å². The minimum atomic E-state index is 0.312. The highest BCUT2D eigenvalue weighted by molar-refractivity contribution is 8.03. The minimum absolute atomic E-state index is 0.312. The van der Waals surface area contributed by atoms with Crippen LogP contribution in [-0.4, -0.2) is 7.11 Å². The molecule has 3 nitrogen and oxygen atoms in total. The van der Waals surface area contributed by atoms with Crippen LogP contribution < -0.4 is 10.1 Å². The van der Waals surface area contributed by atoms with Gasteiger partial charge in [0.15, 0.2) is 0 Å². The van der Waals surface area contributed by atoms with Crippen molar-refractivity contribution in [3.8, 4) is 11.8 Å². The molecule has 1 aliphatic rings. The SMILES string of the molecule is COc1ccc2c(c1)SC(C#N)=C(C(C)C)N2. The molecule has 2 rings (SSSR count). The lowest BCUT2D eigenvalue weighted by Gasteiger charge is -2.23. The highest BCUT2D eigenvalue weighted by Gasteiger charge is 2.20. The average Bonchev–Trinajstić information content (AvgIpc) is 2.36. The largest absolute Gasteiger partial charge is 0.497 e. The average molecular weight is 246 g/mol. The molecule has 0 aliphatic carbocycles. The van der Waals surface area contributed by atoms with Crippen molar-refractivity contribution in [3.63, 3.8) is 0 Å². The Balaban J connectivity index is 2.41. The maximum absolute atomic E-state index is 9.16. The Morgan fingerprint density at radius 1 is 1.41 bits per heavy atom. The van der Waals surface area contributed by atoms with E-state index in [1.54, 1.807) is 7.11 Å². The third-order valence-corrected chi connectivity index (χ3v) is 3.67. The Kier molecular flexibility index (Phi) is 3.30. The number of anilines is 1. The van der Waals surface area contributed by atoms with Crippen LogP contribution in [0.4, 0.5) is 5.69 Å². The number of fused-ring (bicyclic) bond motifs is 1. The molecule has 0 saturated heterocycles. The third-order valence-electron chi connectivity index (χ3n) is 2.59. The van der Waals surface area contributed by atoms with Crippen molar-refractivity contribution in [1.29, 1.82) is 5.26 Å². The summed E-state index contributed by atoms with van der Waals surface area (Å²) in [7, 11) is 1.64. The molecule has 1 aromatic carbocycles. The summed E-state index contributed by atoms with van der Waals surface area (Å²) in [5.74, 6) is 1.12. The highest BCUT2D eigenvalue weighted by Crippen LogP contribution is 2.42. The molecule has 1 aromatic rings. The summed E-state index contributed by atoms with van der Waals surface area (Å²) >= 11 is 1.50. The van der Waals surface area contributed by atoms with E-state index in [2.05, 4.69) is 25.2 Å². The monoisotopic (exact) mass is 246 g/mol. The van der Waals surface area contributed by atoms with Gasteiger partial charge >= 0.3 is 0 Å². The second kappa shape index (κ2) is 4.72. The Hall–Kier alpha value is -1.60. The molecule has 0 atom stereocenters. The molecule has 0 saturated carbocycles. The highest BCUT2D eigenvalue weighted by atomic mass is 32.2. The number of methoxy groups -OCH3 is 1. The fourth-order valence-electron chi connectivity index (χ4n) is 1.67. The van der Waals surface area contributed by atoms with Crippen molar-refractivity contribution in [2.24, 2.45) is 5.92 Å². The molecular weight excluding hydrogens is 232 g/mol. The number of hydrogen-bond acceptors (Lipinski definition) is 4. The maximum Gasteiger partial charge on any atom is 0.120 e. The van der Waals surface area contributed by atoms with E-state index < -0.39 is 0 Å². The molecule has 0 unspecified atom stereocenters. The van der Waals surface area contributed by atoms with Gasteiger partial charge in [0.2, 0.25) is 0 Å². The molecule has 88 valence electrons. The lowest BCUT2D eigenvalue weighted by molar-refractivity contribution is 0.414. The number of allylic oxidation sites excluding steroid dienone is 2. The second-order valence-corrected chi connectivity index (χ2v) is 5.15. The van der Waals surface area contributed by atoms with E-state index in [-0.39, 0.29) is 0 Å². The van der Waals surface area contributed by atoms with E-state index in [1.165, 1.54) is 11.8 Å². The van der Waals surface area contributed by atoms with E-state index in [1.807, 2.05) is 18.2 Å². The molecule has 1 heterocycles. The fourth-order valence-corrected chi connectivity index (χ4v) is 2.74. The van der Waals surface area contributed by atoms with Gasteiger partial charge in [-0.1, -0.05) is 25.6 Å². The summed E-state index contributed by atoms with van der Waals surface area (Å²) in [6.07, 6.45) is 0. The van der Waals surface area contributed by atoms with Crippen LogP contribution in [0.25, 0.3) is 0 Å². The van der Waals surface area contributed by atoms with Crippen LogP contribution in [-0.2, 0) is 0 Å². The Morgan fingerprint density at radius 3 is 2.76 bits per heavy atom. The molecule has 0 amide bonds. The van der Waals surface area contributed by atoms with Crippen LogP contribution >= 0.6 is 11.8 Å². The van der Waals surface area contributed by atoms with Gasteiger partial charge in [-0.3, -0.25) is 0 Å². The topological polar surface area (TPSA) is 45.0 Å².